The summed E-state index contributed by atoms with van der Waals surface area (Å²) in [6, 6.07) is 11.6. The van der Waals surface area contributed by atoms with Crippen LogP contribution < -0.4 is 10.1 Å². The molecule has 0 saturated carbocycles. The van der Waals surface area contributed by atoms with Gasteiger partial charge in [-0.3, -0.25) is 9.78 Å². The van der Waals surface area contributed by atoms with Crippen LogP contribution in [-0.2, 0) is 11.2 Å². The van der Waals surface area contributed by atoms with Crippen molar-refractivity contribution in [1.29, 1.82) is 0 Å². The van der Waals surface area contributed by atoms with E-state index in [1.54, 1.807) is 19.5 Å². The van der Waals surface area contributed by atoms with Gasteiger partial charge in [0.1, 0.15) is 5.75 Å². The second kappa shape index (κ2) is 8.17. The van der Waals surface area contributed by atoms with Crippen LogP contribution in [0.15, 0.2) is 48.8 Å². The number of carbonyl (C=O) groups is 1. The minimum absolute atomic E-state index is 0.0300. The first kappa shape index (κ1) is 16.0. The zero-order chi connectivity index (χ0) is 15.8. The van der Waals surface area contributed by atoms with Crippen LogP contribution >= 0.6 is 0 Å². The number of carbonyl (C=O) groups excluding carboxylic acids is 1. The van der Waals surface area contributed by atoms with Crippen molar-refractivity contribution in [2.45, 2.75) is 32.2 Å². The lowest BCUT2D eigenvalue weighted by atomic mass is 10.0. The number of rotatable bonds is 7. The van der Waals surface area contributed by atoms with Crippen LogP contribution in [0.1, 0.15) is 36.9 Å². The first-order valence-corrected chi connectivity index (χ1v) is 7.55. The lowest BCUT2D eigenvalue weighted by Gasteiger charge is -2.20. The molecule has 2 rings (SSSR count). The van der Waals surface area contributed by atoms with Crippen LogP contribution in [0, 0.1) is 0 Å². The molecular formula is C18H22N2O2. The Hall–Kier alpha value is -2.36. The Morgan fingerprint density at radius 1 is 1.27 bits per heavy atom. The van der Waals surface area contributed by atoms with Gasteiger partial charge in [-0.2, -0.15) is 0 Å². The smallest absolute Gasteiger partial charge is 0.220 e. The van der Waals surface area contributed by atoms with Crippen molar-refractivity contribution in [3.8, 4) is 5.75 Å². The molecule has 0 aliphatic heterocycles. The van der Waals surface area contributed by atoms with Crippen LogP contribution in [0.25, 0.3) is 0 Å². The van der Waals surface area contributed by atoms with E-state index in [0.717, 1.165) is 23.3 Å². The molecule has 1 amide bonds. The highest BCUT2D eigenvalue weighted by atomic mass is 16.5. The van der Waals surface area contributed by atoms with E-state index in [0.29, 0.717) is 12.8 Å². The Kier molecular flexibility index (Phi) is 5.95. The average Bonchev–Trinajstić information content (AvgIpc) is 2.58. The zero-order valence-electron chi connectivity index (χ0n) is 13.1. The van der Waals surface area contributed by atoms with E-state index in [9.17, 15) is 4.79 Å². The van der Waals surface area contributed by atoms with E-state index in [1.165, 1.54) is 0 Å². The Bertz CT molecular complexity index is 599. The number of benzene rings is 1. The molecule has 1 unspecified atom stereocenters. The number of aromatic nitrogens is 1. The molecule has 116 valence electrons. The Morgan fingerprint density at radius 2 is 2.09 bits per heavy atom. The molecule has 4 nitrogen and oxygen atoms in total. The molecular weight excluding hydrogens is 276 g/mol. The van der Waals surface area contributed by atoms with Crippen molar-refractivity contribution < 1.29 is 9.53 Å². The van der Waals surface area contributed by atoms with Crippen molar-refractivity contribution in [1.82, 2.24) is 10.3 Å². The standard InChI is InChI=1S/C18H22N2O2/c1-3-16(15-8-4-5-9-17(15)22-2)20-18(21)11-10-14-7-6-12-19-13-14/h4-9,12-13,16H,3,10-11H2,1-2H3,(H,20,21). The van der Waals surface area contributed by atoms with Gasteiger partial charge in [-0.05, 0) is 30.5 Å². The number of aryl methyl sites for hydroxylation is 1. The van der Waals surface area contributed by atoms with Crippen molar-refractivity contribution in [2.75, 3.05) is 7.11 Å². The fourth-order valence-corrected chi connectivity index (χ4v) is 2.42. The van der Waals surface area contributed by atoms with Gasteiger partial charge in [0, 0.05) is 24.4 Å². The number of methoxy groups -OCH3 is 1. The number of ether oxygens (including phenoxy) is 1. The van der Waals surface area contributed by atoms with Crippen molar-refractivity contribution >= 4 is 5.91 Å². The molecule has 22 heavy (non-hydrogen) atoms. The van der Waals surface area contributed by atoms with Gasteiger partial charge in [0.15, 0.2) is 0 Å². The van der Waals surface area contributed by atoms with Gasteiger partial charge in [0.05, 0.1) is 13.2 Å². The first-order valence-electron chi connectivity index (χ1n) is 7.55. The average molecular weight is 298 g/mol. The lowest BCUT2D eigenvalue weighted by molar-refractivity contribution is -0.121. The second-order valence-corrected chi connectivity index (χ2v) is 5.13. The van der Waals surface area contributed by atoms with Crippen LogP contribution in [0.5, 0.6) is 5.75 Å². The molecule has 0 spiro atoms. The van der Waals surface area contributed by atoms with Crippen LogP contribution in [-0.4, -0.2) is 18.0 Å². The largest absolute Gasteiger partial charge is 0.496 e. The zero-order valence-corrected chi connectivity index (χ0v) is 13.1. The molecule has 0 aliphatic carbocycles. The topological polar surface area (TPSA) is 51.2 Å². The molecule has 2 aromatic rings. The summed E-state index contributed by atoms with van der Waals surface area (Å²) in [5.41, 5.74) is 2.09. The number of nitrogens with zero attached hydrogens (tertiary/aromatic N) is 1. The minimum atomic E-state index is -0.0300. The first-order chi connectivity index (χ1) is 10.7. The fourth-order valence-electron chi connectivity index (χ4n) is 2.42. The molecule has 1 atom stereocenters. The van der Waals surface area contributed by atoms with E-state index < -0.39 is 0 Å². The quantitative estimate of drug-likeness (QED) is 0.853. The lowest BCUT2D eigenvalue weighted by Crippen LogP contribution is -2.28. The maximum Gasteiger partial charge on any atom is 0.220 e. The highest BCUT2D eigenvalue weighted by Crippen LogP contribution is 2.26. The van der Waals surface area contributed by atoms with E-state index in [4.69, 9.17) is 4.74 Å². The third kappa shape index (κ3) is 4.32. The molecule has 1 heterocycles. The summed E-state index contributed by atoms with van der Waals surface area (Å²) < 4.78 is 5.38. The predicted molar refractivity (Wildman–Crippen MR) is 86.7 cm³/mol. The molecule has 0 bridgehead atoms. The fraction of sp³-hybridized carbons (Fsp3) is 0.333. The Labute approximate surface area is 131 Å². The summed E-state index contributed by atoms with van der Waals surface area (Å²) in [4.78, 5) is 16.2. The molecule has 0 aliphatic rings. The molecule has 1 aromatic heterocycles. The third-order valence-electron chi connectivity index (χ3n) is 3.62. The second-order valence-electron chi connectivity index (χ2n) is 5.13. The SMILES string of the molecule is CCC(NC(=O)CCc1cccnc1)c1ccccc1OC. The summed E-state index contributed by atoms with van der Waals surface area (Å²) in [6.45, 7) is 2.05. The summed E-state index contributed by atoms with van der Waals surface area (Å²) in [6.07, 6.45) is 5.50. The summed E-state index contributed by atoms with van der Waals surface area (Å²) in [5, 5.41) is 3.09. The van der Waals surface area contributed by atoms with Gasteiger partial charge >= 0.3 is 0 Å². The number of hydrogen-bond donors (Lipinski definition) is 1. The summed E-state index contributed by atoms with van der Waals surface area (Å²) in [5.74, 6) is 0.850. The molecule has 0 fully saturated rings. The summed E-state index contributed by atoms with van der Waals surface area (Å²) in [7, 11) is 1.65. The van der Waals surface area contributed by atoms with Crippen molar-refractivity contribution in [3.63, 3.8) is 0 Å². The minimum Gasteiger partial charge on any atom is -0.496 e. The number of amides is 1. The van der Waals surface area contributed by atoms with Gasteiger partial charge in [-0.25, -0.2) is 0 Å². The molecule has 0 saturated heterocycles. The molecule has 1 aromatic carbocycles. The van der Waals surface area contributed by atoms with Gasteiger partial charge < -0.3 is 10.1 Å². The number of hydrogen-bond acceptors (Lipinski definition) is 3. The molecule has 1 N–H and O–H groups in total. The van der Waals surface area contributed by atoms with Crippen LogP contribution in [0.4, 0.5) is 0 Å². The monoisotopic (exact) mass is 298 g/mol. The number of para-hydroxylation sites is 1. The molecule has 0 radical (unpaired) electrons. The Balaban J connectivity index is 1.96. The van der Waals surface area contributed by atoms with Crippen molar-refractivity contribution in [2.24, 2.45) is 0 Å². The van der Waals surface area contributed by atoms with Gasteiger partial charge in [-0.15, -0.1) is 0 Å². The number of pyridine rings is 1. The van der Waals surface area contributed by atoms with Gasteiger partial charge in [0.2, 0.25) is 5.91 Å². The Morgan fingerprint density at radius 3 is 2.77 bits per heavy atom. The van der Waals surface area contributed by atoms with Gasteiger partial charge in [-0.1, -0.05) is 31.2 Å². The van der Waals surface area contributed by atoms with E-state index in [1.807, 2.05) is 36.4 Å². The number of nitrogens with one attached hydrogen (secondary N) is 1. The van der Waals surface area contributed by atoms with E-state index in [2.05, 4.69) is 17.2 Å². The summed E-state index contributed by atoms with van der Waals surface area (Å²) >= 11 is 0. The third-order valence-corrected chi connectivity index (χ3v) is 3.62. The molecule has 4 heteroatoms. The predicted octanol–water partition coefficient (Wildman–Crippen LogP) is 3.29. The normalized spacial score (nSPS) is 11.7. The van der Waals surface area contributed by atoms with E-state index >= 15 is 0 Å². The van der Waals surface area contributed by atoms with Crippen molar-refractivity contribution in [3.05, 3.63) is 59.9 Å². The van der Waals surface area contributed by atoms with Crippen LogP contribution in [0.3, 0.4) is 0 Å². The highest BCUT2D eigenvalue weighted by Gasteiger charge is 2.16. The van der Waals surface area contributed by atoms with E-state index in [-0.39, 0.29) is 11.9 Å². The highest BCUT2D eigenvalue weighted by molar-refractivity contribution is 5.76. The van der Waals surface area contributed by atoms with Crippen LogP contribution in [0.2, 0.25) is 0 Å². The maximum absolute atomic E-state index is 12.2. The maximum atomic E-state index is 12.2. The van der Waals surface area contributed by atoms with Gasteiger partial charge in [0.25, 0.3) is 0 Å².